The summed E-state index contributed by atoms with van der Waals surface area (Å²) in [6.45, 7) is -0.887. The van der Waals surface area contributed by atoms with Gasteiger partial charge in [-0.15, -0.1) is 0 Å². The Hall–Kier alpha value is -1.45. The second-order valence-corrected chi connectivity index (χ2v) is 2.40. The van der Waals surface area contributed by atoms with E-state index >= 15 is 0 Å². The molecule has 0 N–H and O–H groups in total. The van der Waals surface area contributed by atoms with Gasteiger partial charge in [0.1, 0.15) is 18.1 Å². The van der Waals surface area contributed by atoms with Crippen LogP contribution in [-0.2, 0) is 11.4 Å². The zero-order valence-corrected chi connectivity index (χ0v) is 7.01. The van der Waals surface area contributed by atoms with Gasteiger partial charge in [0.15, 0.2) is 0 Å². The van der Waals surface area contributed by atoms with Gasteiger partial charge in [-0.3, -0.25) is 0 Å². The molecule has 0 aliphatic carbocycles. The van der Waals surface area contributed by atoms with E-state index in [2.05, 4.69) is 4.74 Å². The lowest BCUT2D eigenvalue weighted by atomic mass is 10.1. The van der Waals surface area contributed by atoms with E-state index in [0.29, 0.717) is 0 Å². The summed E-state index contributed by atoms with van der Waals surface area (Å²) in [5.41, 5.74) is -0.320. The van der Waals surface area contributed by atoms with Crippen molar-refractivity contribution in [1.82, 2.24) is 0 Å². The second kappa shape index (κ2) is 3.98. The maximum atomic E-state index is 13.0. The van der Waals surface area contributed by atoms with Crippen LogP contribution < -0.4 is 0 Å². The van der Waals surface area contributed by atoms with Crippen molar-refractivity contribution in [3.63, 3.8) is 0 Å². The summed E-state index contributed by atoms with van der Waals surface area (Å²) in [5, 5.41) is 0. The zero-order valence-electron chi connectivity index (χ0n) is 7.01. The number of halogens is 2. The fourth-order valence-corrected chi connectivity index (χ4v) is 1.01. The number of ether oxygens (including phenoxy) is 1. The topological polar surface area (TPSA) is 26.3 Å². The minimum atomic E-state index is -0.887. The van der Waals surface area contributed by atoms with Crippen LogP contribution in [0.2, 0.25) is 0 Å². The molecule has 0 atom stereocenters. The third kappa shape index (κ3) is 1.83. The smallest absolute Gasteiger partial charge is 0.341 e. The van der Waals surface area contributed by atoms with Crippen LogP contribution in [0.4, 0.5) is 8.78 Å². The van der Waals surface area contributed by atoms with Gasteiger partial charge in [-0.1, -0.05) is 12.1 Å². The molecule has 0 amide bonds. The van der Waals surface area contributed by atoms with E-state index < -0.39 is 18.5 Å². The maximum Gasteiger partial charge on any atom is 0.341 e. The molecule has 0 heterocycles. The lowest BCUT2D eigenvalue weighted by Crippen LogP contribution is -2.07. The van der Waals surface area contributed by atoms with Crippen molar-refractivity contribution in [1.29, 1.82) is 0 Å². The highest BCUT2D eigenvalue weighted by atomic mass is 19.1. The largest absolute Gasteiger partial charge is 0.465 e. The standard InChI is InChI=1S/C9H8F2O2/c1-13-9(12)8-6(5-10)3-2-4-7(8)11/h2-4H,5H2,1H3. The first kappa shape index (κ1) is 9.64. The van der Waals surface area contributed by atoms with Gasteiger partial charge in [0.25, 0.3) is 0 Å². The Labute approximate surface area is 74.1 Å². The average Bonchev–Trinajstić information content (AvgIpc) is 2.16. The number of carbonyl (C=O) groups is 1. The molecular weight excluding hydrogens is 178 g/mol. The van der Waals surface area contributed by atoms with Crippen molar-refractivity contribution >= 4 is 5.97 Å². The summed E-state index contributed by atoms with van der Waals surface area (Å²) in [6, 6.07) is 3.78. The predicted octanol–water partition coefficient (Wildman–Crippen LogP) is 2.08. The van der Waals surface area contributed by atoms with Gasteiger partial charge < -0.3 is 4.74 Å². The molecule has 1 rings (SSSR count). The Bertz CT molecular complexity index is 323. The summed E-state index contributed by atoms with van der Waals surface area (Å²) >= 11 is 0. The molecule has 0 spiro atoms. The van der Waals surface area contributed by atoms with Crippen LogP contribution in [0.1, 0.15) is 15.9 Å². The third-order valence-electron chi connectivity index (χ3n) is 1.63. The molecule has 0 unspecified atom stereocenters. The summed E-state index contributed by atoms with van der Waals surface area (Å²) < 4.78 is 29.6. The van der Waals surface area contributed by atoms with Crippen LogP contribution in [0.5, 0.6) is 0 Å². The van der Waals surface area contributed by atoms with Crippen molar-refractivity contribution < 1.29 is 18.3 Å². The lowest BCUT2D eigenvalue weighted by molar-refractivity contribution is 0.0593. The fraction of sp³-hybridized carbons (Fsp3) is 0.222. The highest BCUT2D eigenvalue weighted by molar-refractivity contribution is 5.91. The van der Waals surface area contributed by atoms with Gasteiger partial charge in [-0.2, -0.15) is 0 Å². The molecule has 0 fully saturated rings. The number of hydrogen-bond acceptors (Lipinski definition) is 2. The number of carbonyl (C=O) groups excluding carboxylic acids is 1. The number of methoxy groups -OCH3 is 1. The van der Waals surface area contributed by atoms with Crippen molar-refractivity contribution in [2.24, 2.45) is 0 Å². The summed E-state index contributed by atoms with van der Waals surface area (Å²) in [4.78, 5) is 11.0. The average molecular weight is 186 g/mol. The van der Waals surface area contributed by atoms with E-state index in [0.717, 1.165) is 13.2 Å². The van der Waals surface area contributed by atoms with E-state index in [-0.39, 0.29) is 11.1 Å². The van der Waals surface area contributed by atoms with Crippen LogP contribution in [-0.4, -0.2) is 13.1 Å². The van der Waals surface area contributed by atoms with Crippen molar-refractivity contribution in [2.45, 2.75) is 6.67 Å². The van der Waals surface area contributed by atoms with E-state index in [1.165, 1.54) is 12.1 Å². The van der Waals surface area contributed by atoms with Gasteiger partial charge in [-0.05, 0) is 6.07 Å². The van der Waals surface area contributed by atoms with Crippen molar-refractivity contribution in [3.8, 4) is 0 Å². The molecule has 0 bridgehead atoms. The fourth-order valence-electron chi connectivity index (χ4n) is 1.01. The van der Waals surface area contributed by atoms with Gasteiger partial charge in [0, 0.05) is 5.56 Å². The van der Waals surface area contributed by atoms with Crippen LogP contribution in [0.15, 0.2) is 18.2 Å². The molecule has 0 aliphatic heterocycles. The monoisotopic (exact) mass is 186 g/mol. The van der Waals surface area contributed by atoms with Gasteiger partial charge >= 0.3 is 5.97 Å². The van der Waals surface area contributed by atoms with E-state index in [9.17, 15) is 13.6 Å². The normalized spacial score (nSPS) is 9.77. The molecule has 1 aromatic carbocycles. The highest BCUT2D eigenvalue weighted by Gasteiger charge is 2.16. The Kier molecular flexibility index (Phi) is 2.95. The van der Waals surface area contributed by atoms with Gasteiger partial charge in [0.05, 0.1) is 7.11 Å². The van der Waals surface area contributed by atoms with E-state index in [1.54, 1.807) is 0 Å². The third-order valence-corrected chi connectivity index (χ3v) is 1.63. The number of rotatable bonds is 2. The molecule has 2 nitrogen and oxygen atoms in total. The summed E-state index contributed by atoms with van der Waals surface area (Å²) in [5.74, 6) is -1.62. The first-order valence-electron chi connectivity index (χ1n) is 3.62. The molecule has 0 saturated carbocycles. The van der Waals surface area contributed by atoms with Gasteiger partial charge in [0.2, 0.25) is 0 Å². The molecule has 1 aromatic rings. The first-order chi connectivity index (χ1) is 6.20. The Balaban J connectivity index is 3.22. The lowest BCUT2D eigenvalue weighted by Gasteiger charge is -2.04. The van der Waals surface area contributed by atoms with E-state index in [1.807, 2.05) is 0 Å². The SMILES string of the molecule is COC(=O)c1c(F)cccc1CF. The zero-order chi connectivity index (χ0) is 9.84. The number of alkyl halides is 1. The molecule has 4 heteroatoms. The first-order valence-corrected chi connectivity index (χ1v) is 3.62. The predicted molar refractivity (Wildman–Crippen MR) is 42.6 cm³/mol. The summed E-state index contributed by atoms with van der Waals surface area (Å²) in [7, 11) is 1.12. The molecule has 13 heavy (non-hydrogen) atoms. The van der Waals surface area contributed by atoms with Gasteiger partial charge in [-0.25, -0.2) is 13.6 Å². The van der Waals surface area contributed by atoms with Crippen LogP contribution in [0.3, 0.4) is 0 Å². The summed E-state index contributed by atoms with van der Waals surface area (Å²) in [6.07, 6.45) is 0. The molecule has 0 radical (unpaired) electrons. The van der Waals surface area contributed by atoms with Crippen LogP contribution in [0, 0.1) is 5.82 Å². The number of hydrogen-bond donors (Lipinski definition) is 0. The second-order valence-electron chi connectivity index (χ2n) is 2.40. The minimum Gasteiger partial charge on any atom is -0.465 e. The molecule has 70 valence electrons. The highest BCUT2D eigenvalue weighted by Crippen LogP contribution is 2.15. The maximum absolute atomic E-state index is 13.0. The quantitative estimate of drug-likeness (QED) is 0.661. The Morgan fingerprint density at radius 1 is 1.54 bits per heavy atom. The van der Waals surface area contributed by atoms with Crippen LogP contribution in [0.25, 0.3) is 0 Å². The van der Waals surface area contributed by atoms with Crippen LogP contribution >= 0.6 is 0 Å². The Morgan fingerprint density at radius 2 is 2.23 bits per heavy atom. The van der Waals surface area contributed by atoms with Crippen molar-refractivity contribution in [3.05, 3.63) is 35.1 Å². The molecular formula is C9H8F2O2. The minimum absolute atomic E-state index is 0.00634. The molecule has 0 saturated heterocycles. The van der Waals surface area contributed by atoms with Crippen molar-refractivity contribution in [2.75, 3.05) is 7.11 Å². The molecule has 0 aliphatic rings. The molecule has 0 aromatic heterocycles. The number of esters is 1. The van der Waals surface area contributed by atoms with E-state index in [4.69, 9.17) is 0 Å². The number of benzene rings is 1. The Morgan fingerprint density at radius 3 is 2.77 bits per heavy atom.